The number of nitrogens with zero attached hydrogens (tertiary/aromatic N) is 1. The topological polar surface area (TPSA) is 49.4 Å². The van der Waals surface area contributed by atoms with Crippen LogP contribution >= 0.6 is 35.6 Å². The molecule has 1 saturated heterocycles. The third kappa shape index (κ3) is 5.22. The Morgan fingerprint density at radius 2 is 2.04 bits per heavy atom. The number of rotatable bonds is 6. The summed E-state index contributed by atoms with van der Waals surface area (Å²) in [5.41, 5.74) is 2.64. The minimum Gasteiger partial charge on any atom is -0.326 e. The van der Waals surface area contributed by atoms with E-state index in [0.29, 0.717) is 33.6 Å². The fourth-order valence-electron chi connectivity index (χ4n) is 2.77. The highest BCUT2D eigenvalue weighted by molar-refractivity contribution is 8.26. The number of hydrogen-bond acceptors (Lipinski definition) is 4. The van der Waals surface area contributed by atoms with Crippen molar-refractivity contribution in [1.82, 2.24) is 4.90 Å². The summed E-state index contributed by atoms with van der Waals surface area (Å²) in [7, 11) is 0. The molecule has 0 radical (unpaired) electrons. The van der Waals surface area contributed by atoms with Gasteiger partial charge in [0.2, 0.25) is 5.91 Å². The lowest BCUT2D eigenvalue weighted by Gasteiger charge is -2.14. The molecule has 1 fully saturated rings. The van der Waals surface area contributed by atoms with Gasteiger partial charge in [0.1, 0.15) is 4.32 Å². The Morgan fingerprint density at radius 1 is 1.25 bits per heavy atom. The molecule has 3 rings (SSSR count). The van der Waals surface area contributed by atoms with E-state index in [1.807, 2.05) is 49.4 Å². The number of thiocarbonyl (C=S) groups is 1. The van der Waals surface area contributed by atoms with Gasteiger partial charge >= 0.3 is 0 Å². The zero-order valence-corrected chi connectivity index (χ0v) is 17.7. The fraction of sp³-hybridized carbons (Fsp3) is 0.190. The van der Waals surface area contributed by atoms with E-state index in [1.54, 1.807) is 17.0 Å². The first-order chi connectivity index (χ1) is 13.4. The van der Waals surface area contributed by atoms with Crippen molar-refractivity contribution in [2.75, 3.05) is 11.9 Å². The highest BCUT2D eigenvalue weighted by Crippen LogP contribution is 2.33. The monoisotopic (exact) mass is 430 g/mol. The molecule has 2 aromatic carbocycles. The first kappa shape index (κ1) is 20.6. The molecule has 0 bridgehead atoms. The third-order valence-electron chi connectivity index (χ3n) is 4.15. The number of nitrogens with one attached hydrogen (secondary N) is 1. The van der Waals surface area contributed by atoms with Gasteiger partial charge in [-0.25, -0.2) is 0 Å². The largest absolute Gasteiger partial charge is 0.326 e. The lowest BCUT2D eigenvalue weighted by Crippen LogP contribution is -2.29. The van der Waals surface area contributed by atoms with Gasteiger partial charge in [-0.3, -0.25) is 14.5 Å². The molecule has 144 valence electrons. The van der Waals surface area contributed by atoms with Crippen LogP contribution in [-0.2, 0) is 9.59 Å². The van der Waals surface area contributed by atoms with Crippen LogP contribution in [0.2, 0.25) is 5.02 Å². The zero-order valence-electron chi connectivity index (χ0n) is 15.3. The lowest BCUT2D eigenvalue weighted by atomic mass is 10.2. The summed E-state index contributed by atoms with van der Waals surface area (Å²) in [6, 6.07) is 15.0. The van der Waals surface area contributed by atoms with Gasteiger partial charge in [-0.1, -0.05) is 65.9 Å². The molecule has 1 N–H and O–H groups in total. The van der Waals surface area contributed by atoms with Crippen molar-refractivity contribution in [2.24, 2.45) is 0 Å². The highest BCUT2D eigenvalue weighted by Gasteiger charge is 2.31. The minimum atomic E-state index is -0.144. The molecule has 0 atom stereocenters. The minimum absolute atomic E-state index is 0.0809. The Balaban J connectivity index is 1.55. The van der Waals surface area contributed by atoms with E-state index < -0.39 is 0 Å². The van der Waals surface area contributed by atoms with E-state index in [4.69, 9.17) is 23.8 Å². The van der Waals surface area contributed by atoms with Crippen LogP contribution in [0.25, 0.3) is 6.08 Å². The number of carbonyl (C=O) groups is 2. The van der Waals surface area contributed by atoms with Gasteiger partial charge in [0.15, 0.2) is 0 Å². The molecule has 0 spiro atoms. The van der Waals surface area contributed by atoms with Crippen molar-refractivity contribution in [1.29, 1.82) is 0 Å². The first-order valence-electron chi connectivity index (χ1n) is 8.80. The molecule has 1 aliphatic heterocycles. The SMILES string of the molecule is Cc1cccc(NC(=O)CCCN2C(=O)C(=Cc3ccccc3Cl)SC2=S)c1. The fourth-order valence-corrected chi connectivity index (χ4v) is 4.26. The third-order valence-corrected chi connectivity index (χ3v) is 5.87. The van der Waals surface area contributed by atoms with E-state index in [2.05, 4.69) is 5.32 Å². The van der Waals surface area contributed by atoms with Crippen molar-refractivity contribution >= 4 is 63.5 Å². The van der Waals surface area contributed by atoms with Gasteiger partial charge in [-0.15, -0.1) is 0 Å². The number of carbonyl (C=O) groups excluding carboxylic acids is 2. The van der Waals surface area contributed by atoms with Gasteiger partial charge in [0.25, 0.3) is 5.91 Å². The lowest BCUT2D eigenvalue weighted by molar-refractivity contribution is -0.122. The Kier molecular flexibility index (Phi) is 6.88. The standard InChI is InChI=1S/C21H19ClN2O2S2/c1-14-6-4-8-16(12-14)23-19(25)10-5-11-24-20(26)18(28-21(24)27)13-15-7-2-3-9-17(15)22/h2-4,6-9,12-13H,5,10-11H2,1H3,(H,23,25). The normalized spacial score (nSPS) is 15.4. The molecule has 2 amide bonds. The summed E-state index contributed by atoms with van der Waals surface area (Å²) in [6.07, 6.45) is 2.60. The second-order valence-electron chi connectivity index (χ2n) is 6.38. The van der Waals surface area contributed by atoms with E-state index in [1.165, 1.54) is 11.8 Å². The molecule has 4 nitrogen and oxygen atoms in total. The van der Waals surface area contributed by atoms with Crippen LogP contribution in [0.3, 0.4) is 0 Å². The first-order valence-corrected chi connectivity index (χ1v) is 10.4. The average Bonchev–Trinajstić information content (AvgIpc) is 2.91. The summed E-state index contributed by atoms with van der Waals surface area (Å²) in [5.74, 6) is -0.225. The number of thioether (sulfide) groups is 1. The molecule has 0 aliphatic carbocycles. The van der Waals surface area contributed by atoms with E-state index in [0.717, 1.165) is 16.8 Å². The summed E-state index contributed by atoms with van der Waals surface area (Å²) in [5, 5.41) is 3.46. The molecule has 0 saturated carbocycles. The van der Waals surface area contributed by atoms with Crippen LogP contribution in [0.4, 0.5) is 5.69 Å². The predicted molar refractivity (Wildman–Crippen MR) is 120 cm³/mol. The van der Waals surface area contributed by atoms with Crippen LogP contribution in [0.1, 0.15) is 24.0 Å². The summed E-state index contributed by atoms with van der Waals surface area (Å²) in [6.45, 7) is 2.38. The highest BCUT2D eigenvalue weighted by atomic mass is 35.5. The van der Waals surface area contributed by atoms with Gasteiger partial charge in [0.05, 0.1) is 4.91 Å². The molecule has 0 aromatic heterocycles. The van der Waals surface area contributed by atoms with Crippen LogP contribution in [-0.4, -0.2) is 27.6 Å². The molecule has 1 aliphatic rings. The van der Waals surface area contributed by atoms with Crippen molar-refractivity contribution < 1.29 is 9.59 Å². The van der Waals surface area contributed by atoms with Crippen molar-refractivity contribution in [3.63, 3.8) is 0 Å². The number of hydrogen-bond donors (Lipinski definition) is 1. The van der Waals surface area contributed by atoms with Gasteiger partial charge in [0, 0.05) is 23.7 Å². The van der Waals surface area contributed by atoms with Crippen LogP contribution in [0.5, 0.6) is 0 Å². The van der Waals surface area contributed by atoms with E-state index in [9.17, 15) is 9.59 Å². The smallest absolute Gasteiger partial charge is 0.266 e. The maximum Gasteiger partial charge on any atom is 0.266 e. The van der Waals surface area contributed by atoms with Gasteiger partial charge in [-0.2, -0.15) is 0 Å². The maximum absolute atomic E-state index is 12.6. The molecular weight excluding hydrogens is 412 g/mol. The van der Waals surface area contributed by atoms with Crippen molar-refractivity contribution in [3.8, 4) is 0 Å². The second kappa shape index (κ2) is 9.37. The molecule has 7 heteroatoms. The van der Waals surface area contributed by atoms with Crippen molar-refractivity contribution in [2.45, 2.75) is 19.8 Å². The number of aryl methyl sites for hydroxylation is 1. The van der Waals surface area contributed by atoms with Crippen molar-refractivity contribution in [3.05, 3.63) is 69.6 Å². The number of benzene rings is 2. The summed E-state index contributed by atoms with van der Waals surface area (Å²) in [4.78, 5) is 26.9. The van der Waals surface area contributed by atoms with Crippen LogP contribution in [0, 0.1) is 6.92 Å². The Bertz CT molecular complexity index is 959. The molecular formula is C21H19ClN2O2S2. The molecule has 2 aromatic rings. The average molecular weight is 431 g/mol. The van der Waals surface area contributed by atoms with Crippen LogP contribution in [0.15, 0.2) is 53.4 Å². The maximum atomic E-state index is 12.6. The Morgan fingerprint density at radius 3 is 2.79 bits per heavy atom. The molecule has 28 heavy (non-hydrogen) atoms. The number of amides is 2. The molecule has 0 unspecified atom stereocenters. The van der Waals surface area contributed by atoms with E-state index in [-0.39, 0.29) is 11.8 Å². The summed E-state index contributed by atoms with van der Waals surface area (Å²) < 4.78 is 0.502. The Hall–Kier alpha value is -2.15. The van der Waals surface area contributed by atoms with Crippen LogP contribution < -0.4 is 5.32 Å². The molecule has 1 heterocycles. The number of anilines is 1. The van der Waals surface area contributed by atoms with E-state index >= 15 is 0 Å². The van der Waals surface area contributed by atoms with Gasteiger partial charge in [-0.05, 0) is 48.7 Å². The predicted octanol–water partition coefficient (Wildman–Crippen LogP) is 5.27. The number of halogens is 1. The quantitative estimate of drug-likeness (QED) is 0.501. The zero-order chi connectivity index (χ0) is 20.1. The summed E-state index contributed by atoms with van der Waals surface area (Å²) >= 11 is 12.8. The second-order valence-corrected chi connectivity index (χ2v) is 8.46. The van der Waals surface area contributed by atoms with Gasteiger partial charge < -0.3 is 5.32 Å². The Labute approximate surface area is 178 Å².